The van der Waals surface area contributed by atoms with Crippen molar-refractivity contribution in [2.24, 2.45) is 5.92 Å². The van der Waals surface area contributed by atoms with Gasteiger partial charge in [0.2, 0.25) is 5.91 Å². The first-order valence-corrected chi connectivity index (χ1v) is 8.56. The fourth-order valence-corrected chi connectivity index (χ4v) is 2.89. The van der Waals surface area contributed by atoms with Crippen LogP contribution in [0.5, 0.6) is 0 Å². The number of nitrogens with one attached hydrogen (secondary N) is 1. The van der Waals surface area contributed by atoms with Gasteiger partial charge < -0.3 is 9.73 Å². The van der Waals surface area contributed by atoms with Gasteiger partial charge in [0.25, 0.3) is 0 Å². The van der Waals surface area contributed by atoms with Crippen LogP contribution < -0.4 is 5.32 Å². The molecule has 3 heterocycles. The summed E-state index contributed by atoms with van der Waals surface area (Å²) in [5, 5.41) is 3.08. The molecule has 126 valence electrons. The molecule has 0 aliphatic heterocycles. The normalized spacial score (nSPS) is 12.4. The van der Waals surface area contributed by atoms with E-state index in [0.29, 0.717) is 17.3 Å². The lowest BCUT2D eigenvalue weighted by Crippen LogP contribution is -2.23. The van der Waals surface area contributed by atoms with Gasteiger partial charge in [-0.15, -0.1) is 0 Å². The van der Waals surface area contributed by atoms with Gasteiger partial charge in [0.05, 0.1) is 6.26 Å². The van der Waals surface area contributed by atoms with Gasteiger partial charge in [-0.3, -0.25) is 9.20 Å². The molecule has 5 heteroatoms. The quantitative estimate of drug-likeness (QED) is 0.682. The zero-order valence-corrected chi connectivity index (χ0v) is 14.2. The van der Waals surface area contributed by atoms with E-state index >= 15 is 0 Å². The number of carbonyl (C=O) groups excluding carboxylic acids is 1. The maximum atomic E-state index is 12.7. The van der Waals surface area contributed by atoms with Crippen LogP contribution in [0.15, 0.2) is 47.2 Å². The number of fused-ring (bicyclic) bond motifs is 1. The zero-order chi connectivity index (χ0) is 16.9. The fraction of sp³-hybridized carbons (Fsp3) is 0.368. The average molecular weight is 325 g/mol. The van der Waals surface area contributed by atoms with Crippen LogP contribution in [0, 0.1) is 5.92 Å². The standard InChI is InChI=1S/C19H23N3O2/c1-3-5-9-14(4-2)19(23)21-18-17(15-10-8-13-24-15)20-16-11-6-7-12-22(16)18/h6-8,10-14H,3-5,9H2,1-2H3,(H,21,23). The minimum absolute atomic E-state index is 0.0173. The summed E-state index contributed by atoms with van der Waals surface area (Å²) in [4.78, 5) is 17.3. The van der Waals surface area contributed by atoms with Crippen molar-refractivity contribution in [3.63, 3.8) is 0 Å². The molecule has 3 rings (SSSR count). The molecule has 5 nitrogen and oxygen atoms in total. The second-order valence-electron chi connectivity index (χ2n) is 5.95. The van der Waals surface area contributed by atoms with Crippen molar-refractivity contribution in [1.82, 2.24) is 9.38 Å². The number of hydrogen-bond donors (Lipinski definition) is 1. The molecular weight excluding hydrogens is 302 g/mol. The topological polar surface area (TPSA) is 59.5 Å². The molecule has 1 unspecified atom stereocenters. The summed E-state index contributed by atoms with van der Waals surface area (Å²) in [5.41, 5.74) is 1.44. The Morgan fingerprint density at radius 2 is 2.17 bits per heavy atom. The van der Waals surface area contributed by atoms with Gasteiger partial charge in [0.1, 0.15) is 17.2 Å². The maximum Gasteiger partial charge on any atom is 0.228 e. The molecule has 0 bridgehead atoms. The lowest BCUT2D eigenvalue weighted by Gasteiger charge is -2.15. The van der Waals surface area contributed by atoms with Gasteiger partial charge in [-0.2, -0.15) is 0 Å². The molecule has 1 N–H and O–H groups in total. The van der Waals surface area contributed by atoms with Crippen molar-refractivity contribution in [2.75, 3.05) is 5.32 Å². The smallest absolute Gasteiger partial charge is 0.228 e. The highest BCUT2D eigenvalue weighted by atomic mass is 16.3. The molecule has 0 aliphatic carbocycles. The predicted octanol–water partition coefficient (Wildman–Crippen LogP) is 4.75. The van der Waals surface area contributed by atoms with Gasteiger partial charge in [0, 0.05) is 12.1 Å². The first kappa shape index (κ1) is 16.3. The third-order valence-corrected chi connectivity index (χ3v) is 4.30. The number of rotatable bonds is 7. The number of carbonyl (C=O) groups is 1. The second kappa shape index (κ2) is 7.34. The second-order valence-corrected chi connectivity index (χ2v) is 5.95. The molecule has 1 atom stereocenters. The molecule has 0 aromatic carbocycles. The van der Waals surface area contributed by atoms with Crippen LogP contribution in [0.3, 0.4) is 0 Å². The first-order chi connectivity index (χ1) is 11.7. The summed E-state index contributed by atoms with van der Waals surface area (Å²) >= 11 is 0. The van der Waals surface area contributed by atoms with E-state index in [4.69, 9.17) is 4.42 Å². The van der Waals surface area contributed by atoms with E-state index in [2.05, 4.69) is 24.1 Å². The number of hydrogen-bond acceptors (Lipinski definition) is 3. The lowest BCUT2D eigenvalue weighted by atomic mass is 9.98. The third-order valence-electron chi connectivity index (χ3n) is 4.30. The van der Waals surface area contributed by atoms with E-state index in [1.165, 1.54) is 0 Å². The Morgan fingerprint density at radius 1 is 1.29 bits per heavy atom. The summed E-state index contributed by atoms with van der Waals surface area (Å²) in [7, 11) is 0. The predicted molar refractivity (Wildman–Crippen MR) is 94.8 cm³/mol. The molecule has 1 amide bonds. The number of furan rings is 1. The first-order valence-electron chi connectivity index (χ1n) is 8.56. The summed E-state index contributed by atoms with van der Waals surface area (Å²) in [6.07, 6.45) is 7.41. The van der Waals surface area contributed by atoms with E-state index in [0.717, 1.165) is 31.3 Å². The Labute approximate surface area is 141 Å². The largest absolute Gasteiger partial charge is 0.463 e. The SMILES string of the molecule is CCCCC(CC)C(=O)Nc1c(-c2ccco2)nc2ccccn12. The van der Waals surface area contributed by atoms with Crippen LogP contribution in [0.1, 0.15) is 39.5 Å². The van der Waals surface area contributed by atoms with Crippen LogP contribution in [-0.4, -0.2) is 15.3 Å². The summed E-state index contributed by atoms with van der Waals surface area (Å²) in [5.74, 6) is 1.38. The van der Waals surface area contributed by atoms with Crippen LogP contribution in [0.25, 0.3) is 17.1 Å². The number of pyridine rings is 1. The van der Waals surface area contributed by atoms with Crippen LogP contribution in [0.2, 0.25) is 0 Å². The molecule has 0 saturated carbocycles. The van der Waals surface area contributed by atoms with Crippen molar-refractivity contribution in [3.8, 4) is 11.5 Å². The van der Waals surface area contributed by atoms with Crippen LogP contribution in [-0.2, 0) is 4.79 Å². The van der Waals surface area contributed by atoms with E-state index in [1.54, 1.807) is 6.26 Å². The molecule has 0 radical (unpaired) electrons. The summed E-state index contributed by atoms with van der Waals surface area (Å²) < 4.78 is 7.39. The van der Waals surface area contributed by atoms with E-state index < -0.39 is 0 Å². The fourth-order valence-electron chi connectivity index (χ4n) is 2.89. The molecule has 0 fully saturated rings. The Hall–Kier alpha value is -2.56. The number of nitrogens with zero attached hydrogens (tertiary/aromatic N) is 2. The van der Waals surface area contributed by atoms with E-state index in [9.17, 15) is 4.79 Å². The number of amides is 1. The van der Waals surface area contributed by atoms with Gasteiger partial charge in [-0.25, -0.2) is 4.98 Å². The molecule has 0 saturated heterocycles. The number of aromatic nitrogens is 2. The molecule has 24 heavy (non-hydrogen) atoms. The van der Waals surface area contributed by atoms with Crippen molar-refractivity contribution >= 4 is 17.4 Å². The van der Waals surface area contributed by atoms with Gasteiger partial charge >= 0.3 is 0 Å². The molecule has 0 aliphatic rings. The highest BCUT2D eigenvalue weighted by Crippen LogP contribution is 2.29. The third kappa shape index (κ3) is 3.20. The lowest BCUT2D eigenvalue weighted by molar-refractivity contribution is -0.120. The zero-order valence-electron chi connectivity index (χ0n) is 14.2. The minimum Gasteiger partial charge on any atom is -0.463 e. The summed E-state index contributed by atoms with van der Waals surface area (Å²) in [6.45, 7) is 4.20. The van der Waals surface area contributed by atoms with E-state index in [1.807, 2.05) is 40.9 Å². The van der Waals surface area contributed by atoms with Crippen LogP contribution >= 0.6 is 0 Å². The minimum atomic E-state index is 0.0173. The number of imidazole rings is 1. The number of anilines is 1. The highest BCUT2D eigenvalue weighted by molar-refractivity contribution is 5.95. The maximum absolute atomic E-state index is 12.7. The van der Waals surface area contributed by atoms with Gasteiger partial charge in [-0.05, 0) is 37.1 Å². The van der Waals surface area contributed by atoms with Crippen molar-refractivity contribution < 1.29 is 9.21 Å². The highest BCUT2D eigenvalue weighted by Gasteiger charge is 2.22. The van der Waals surface area contributed by atoms with E-state index in [-0.39, 0.29) is 11.8 Å². The molecule has 3 aromatic rings. The molecule has 3 aromatic heterocycles. The van der Waals surface area contributed by atoms with Gasteiger partial charge in [0.15, 0.2) is 5.76 Å². The Morgan fingerprint density at radius 3 is 2.88 bits per heavy atom. The Kier molecular flexibility index (Phi) is 4.99. The Balaban J connectivity index is 1.95. The average Bonchev–Trinajstić information content (AvgIpc) is 3.24. The van der Waals surface area contributed by atoms with Crippen molar-refractivity contribution in [3.05, 3.63) is 42.8 Å². The molecular formula is C19H23N3O2. The monoisotopic (exact) mass is 325 g/mol. The summed E-state index contributed by atoms with van der Waals surface area (Å²) in [6, 6.07) is 9.43. The van der Waals surface area contributed by atoms with Crippen molar-refractivity contribution in [1.29, 1.82) is 0 Å². The van der Waals surface area contributed by atoms with Crippen LogP contribution in [0.4, 0.5) is 5.82 Å². The number of unbranched alkanes of at least 4 members (excludes halogenated alkanes) is 1. The molecule has 0 spiro atoms. The van der Waals surface area contributed by atoms with Crippen molar-refractivity contribution in [2.45, 2.75) is 39.5 Å². The van der Waals surface area contributed by atoms with Gasteiger partial charge in [-0.1, -0.05) is 32.8 Å². The Bertz CT molecular complexity index is 805.